The monoisotopic (exact) mass is 1410 g/mol. The summed E-state index contributed by atoms with van der Waals surface area (Å²) in [6.45, 7) is 16.1. The molecule has 0 bridgehead atoms. The summed E-state index contributed by atoms with van der Waals surface area (Å²) < 4.78 is 79.7. The Labute approximate surface area is 565 Å². The second-order valence-corrected chi connectivity index (χ2v) is 26.7. The Hall–Kier alpha value is -9.04. The van der Waals surface area contributed by atoms with Crippen LogP contribution in [0.5, 0.6) is 0 Å². The molecule has 506 valence electrons. The molecule has 35 heteroatoms. The fraction of sp³-hybridized carbons (Fsp3) is 0.328. The number of aliphatic hydroxyl groups excluding tert-OH is 1. The van der Waals surface area contributed by atoms with Crippen LogP contribution in [0.1, 0.15) is 51.3 Å². The number of rotatable bonds is 29. The first-order chi connectivity index (χ1) is 46.1. The number of aliphatic hydroxyl groups is 1. The van der Waals surface area contributed by atoms with Crippen molar-refractivity contribution < 1.29 is 59.7 Å². The molecule has 0 spiro atoms. The second-order valence-electron chi connectivity index (χ2n) is 20.9. The molecule has 3 aromatic heterocycles. The molecule has 4 aromatic carbocycles. The summed E-state index contributed by atoms with van der Waals surface area (Å²) in [6, 6.07) is 21.5. The highest BCUT2D eigenvalue weighted by Gasteiger charge is 2.28. The third-order valence-corrected chi connectivity index (χ3v) is 19.0. The number of ketones is 2. The summed E-state index contributed by atoms with van der Waals surface area (Å²) >= 11 is 3.26. The minimum absolute atomic E-state index is 0.0648. The Balaban J connectivity index is 1.07. The van der Waals surface area contributed by atoms with Gasteiger partial charge in [-0.1, -0.05) is 58.7 Å². The summed E-state index contributed by atoms with van der Waals surface area (Å²) in [4.78, 5) is 85.7. The van der Waals surface area contributed by atoms with Gasteiger partial charge in [-0.05, 0) is 114 Å². The lowest BCUT2D eigenvalue weighted by molar-refractivity contribution is -0.120. The van der Waals surface area contributed by atoms with Crippen molar-refractivity contribution >= 4 is 169 Å². The van der Waals surface area contributed by atoms with Gasteiger partial charge < -0.3 is 55.4 Å². The number of hydrogen-bond donors (Lipinski definition) is 7. The molecule has 2 amide bonds. The summed E-state index contributed by atoms with van der Waals surface area (Å²) in [5.74, 6) is -2.01. The zero-order chi connectivity index (χ0) is 68.7. The number of azo groups is 2. The van der Waals surface area contributed by atoms with Gasteiger partial charge in [0.2, 0.25) is 22.2 Å². The number of aromatic nitrogens is 5. The number of anilines is 10. The summed E-state index contributed by atoms with van der Waals surface area (Å²) in [5, 5.41) is 40.7. The van der Waals surface area contributed by atoms with Crippen LogP contribution in [0, 0.1) is 0 Å². The van der Waals surface area contributed by atoms with Gasteiger partial charge >= 0.3 is 0 Å². The van der Waals surface area contributed by atoms with E-state index in [1.807, 2.05) is 61.8 Å². The van der Waals surface area contributed by atoms with E-state index in [-0.39, 0.29) is 62.2 Å². The van der Waals surface area contributed by atoms with Gasteiger partial charge in [-0.15, -0.1) is 20.5 Å². The number of ether oxygens (including phenoxy) is 2. The first-order valence-electron chi connectivity index (χ1n) is 30.1. The Morgan fingerprint density at radius 1 is 0.573 bits per heavy atom. The largest absolute Gasteiger partial charge is 0.396 e. The molecule has 2 saturated heterocycles. The number of hydrogen-bond acceptors (Lipinski definition) is 29. The molecule has 30 nitrogen and oxygen atoms in total. The predicted molar refractivity (Wildman–Crippen MR) is 370 cm³/mol. The van der Waals surface area contributed by atoms with Crippen LogP contribution in [0.15, 0.2) is 131 Å². The van der Waals surface area contributed by atoms with E-state index in [1.165, 1.54) is 74.2 Å². The lowest BCUT2D eigenvalue weighted by Gasteiger charge is -2.27. The summed E-state index contributed by atoms with van der Waals surface area (Å²) in [5.41, 5.74) is 1.97. The van der Waals surface area contributed by atoms with E-state index in [0.717, 1.165) is 46.2 Å². The average molecular weight is 1410 g/mol. The minimum atomic E-state index is -4.75. The molecule has 2 fully saturated rings. The van der Waals surface area contributed by atoms with Crippen molar-refractivity contribution in [1.29, 1.82) is 0 Å². The number of Topliss-reactive ketones (excluding diaryl/α,β-unsaturated/α-hetero) is 2. The molecule has 7 N–H and O–H groups in total. The van der Waals surface area contributed by atoms with Gasteiger partial charge in [0.15, 0.2) is 16.7 Å². The van der Waals surface area contributed by atoms with Crippen LogP contribution < -0.4 is 40.9 Å². The molecule has 2 aliphatic heterocycles. The van der Waals surface area contributed by atoms with Crippen LogP contribution in [0.3, 0.4) is 0 Å². The van der Waals surface area contributed by atoms with E-state index >= 15 is 0 Å². The van der Waals surface area contributed by atoms with E-state index in [1.54, 1.807) is 12.1 Å². The number of thiazole rings is 2. The van der Waals surface area contributed by atoms with Gasteiger partial charge in [0.1, 0.15) is 32.8 Å². The van der Waals surface area contributed by atoms with Crippen LogP contribution in [0.25, 0.3) is 12.2 Å². The number of carbonyl (C=O) groups excluding carboxylic acids is 4. The highest BCUT2D eigenvalue weighted by molar-refractivity contribution is 7.99. The molecule has 0 unspecified atom stereocenters. The van der Waals surface area contributed by atoms with E-state index in [2.05, 4.69) is 51.5 Å². The Bertz CT molecular complexity index is 4110. The molecule has 0 aliphatic carbocycles. The number of morpholine rings is 2. The number of thioether (sulfide) groups is 1. The van der Waals surface area contributed by atoms with Crippen LogP contribution in [-0.2, 0) is 48.9 Å². The first kappa shape index (κ1) is 71.3. The number of nitrogens with one attached hydrogen (secondary N) is 4. The molecule has 0 saturated carbocycles. The third-order valence-electron chi connectivity index (χ3n) is 14.6. The minimum Gasteiger partial charge on any atom is -0.396 e. The second kappa shape index (κ2) is 32.6. The van der Waals surface area contributed by atoms with Crippen LogP contribution in [0.2, 0.25) is 0 Å². The summed E-state index contributed by atoms with van der Waals surface area (Å²) in [6.07, 6.45) is 2.71. The van der Waals surface area contributed by atoms with E-state index < -0.39 is 53.4 Å². The van der Waals surface area contributed by atoms with Gasteiger partial charge in [-0.2, -0.15) is 41.8 Å². The standard InChI is InChI=1S/C61H69N17O13S5/c1-7-75(8-2)39-19-21-43(71-73-60-66-53(77-23-28-90-29-24-77)49(93-60)35-41(37(5)80)55(82)62-45-15-11-13-17-51(45)95(84,85)86)47(33-39)64-57-68-58(70-59(69-57)92-32-27-79)65-48-34-40(76(9-3)10-4)20-22-44(48)72-74-61-67-54(78-25-30-91-31-26-78)50(94-61)36-42(38(6)81)56(83)63-46-16-12-14-18-52(46)96(87,88)89/h11-22,33-36,79H,7-10,23-32H2,1-6H3,(H,62,82)(H,63,83)(H,84,85,86)(H,87,88,89)(H2,64,65,68,69,70)/b41-35-,42-36+,73-71+,74-72+. The average Bonchev–Trinajstić information content (AvgIpc) is 1.73. The van der Waals surface area contributed by atoms with Crippen molar-refractivity contribution in [2.75, 3.05) is 132 Å². The molecule has 96 heavy (non-hydrogen) atoms. The smallest absolute Gasteiger partial charge is 0.296 e. The molecule has 0 radical (unpaired) electrons. The number of nitrogens with zero attached hydrogens (tertiary/aromatic N) is 13. The quantitative estimate of drug-likeness (QED) is 0.00572. The number of para-hydroxylation sites is 2. The van der Waals surface area contributed by atoms with Crippen molar-refractivity contribution in [2.45, 2.75) is 56.5 Å². The van der Waals surface area contributed by atoms with E-state index in [9.17, 15) is 50.2 Å². The van der Waals surface area contributed by atoms with Gasteiger partial charge in [0.05, 0.1) is 76.7 Å². The highest BCUT2D eigenvalue weighted by atomic mass is 32.2. The number of amides is 2. The molecular formula is C61H69N17O13S5. The molecule has 2 aliphatic rings. The molecule has 7 aromatic rings. The van der Waals surface area contributed by atoms with Gasteiger partial charge in [-0.25, -0.2) is 0 Å². The Morgan fingerprint density at radius 2 is 0.969 bits per heavy atom. The first-order valence-corrected chi connectivity index (χ1v) is 35.6. The topological polar surface area (TPSA) is 391 Å². The van der Waals surface area contributed by atoms with Crippen LogP contribution in [-0.4, -0.2) is 170 Å². The van der Waals surface area contributed by atoms with Crippen molar-refractivity contribution in [1.82, 2.24) is 24.9 Å². The predicted octanol–water partition coefficient (Wildman–Crippen LogP) is 10.3. The maximum absolute atomic E-state index is 13.8. The fourth-order valence-corrected chi connectivity index (χ4v) is 13.5. The van der Waals surface area contributed by atoms with Crippen molar-refractivity contribution in [3.05, 3.63) is 106 Å². The Morgan fingerprint density at radius 3 is 1.33 bits per heavy atom. The molecule has 9 rings (SSSR count). The number of carbonyl (C=O) groups is 4. The Kier molecular flexibility index (Phi) is 24.2. The maximum atomic E-state index is 13.8. The fourth-order valence-electron chi connectivity index (χ4n) is 9.88. The highest BCUT2D eigenvalue weighted by Crippen LogP contribution is 2.41. The van der Waals surface area contributed by atoms with Crippen molar-refractivity contribution in [3.63, 3.8) is 0 Å². The molecule has 0 atom stereocenters. The molecule has 5 heterocycles. The van der Waals surface area contributed by atoms with Crippen LogP contribution >= 0.6 is 34.4 Å². The molecular weight excluding hydrogens is 1340 g/mol. The SMILES string of the molecule is CCN(CC)c1ccc(/N=N/c2nc(N3CCOCC3)c(/C=C(/C(C)=O)C(=O)Nc3ccccc3S(=O)(=O)O)s2)c(Nc2nc(Nc3cc(N(CC)CC)ccc3/N=N/c3nc(N4CCOCC4)c(/C=C(\C(C)=O)C(=O)Nc4ccccc4S(=O)(=O)O)s3)nc(SCCO)n2)c1. The number of benzene rings is 4. The van der Waals surface area contributed by atoms with Crippen LogP contribution in [0.4, 0.5) is 79.3 Å². The third kappa shape index (κ3) is 18.3. The van der Waals surface area contributed by atoms with E-state index in [0.29, 0.717) is 123 Å². The van der Waals surface area contributed by atoms with Gasteiger partial charge in [0.25, 0.3) is 32.1 Å². The lowest BCUT2D eigenvalue weighted by Crippen LogP contribution is -2.36. The van der Waals surface area contributed by atoms with Crippen molar-refractivity contribution in [2.24, 2.45) is 20.5 Å². The van der Waals surface area contributed by atoms with Crippen molar-refractivity contribution in [3.8, 4) is 0 Å². The summed E-state index contributed by atoms with van der Waals surface area (Å²) in [7, 11) is -9.50. The van der Waals surface area contributed by atoms with Gasteiger partial charge in [-0.3, -0.25) is 28.3 Å². The lowest BCUT2D eigenvalue weighted by atomic mass is 10.1. The zero-order valence-corrected chi connectivity index (χ0v) is 57.0. The normalized spacial score (nSPS) is 14.1. The maximum Gasteiger partial charge on any atom is 0.296 e. The van der Waals surface area contributed by atoms with Gasteiger partial charge in [0, 0.05) is 69.5 Å². The van der Waals surface area contributed by atoms with E-state index in [4.69, 9.17) is 34.4 Å². The zero-order valence-electron chi connectivity index (χ0n) is 52.9.